The second-order valence-electron chi connectivity index (χ2n) is 7.09. The van der Waals surface area contributed by atoms with Gasteiger partial charge in [0, 0.05) is 13.1 Å². The van der Waals surface area contributed by atoms with Crippen LogP contribution in [0.2, 0.25) is 0 Å². The first-order valence-corrected chi connectivity index (χ1v) is 9.40. The summed E-state index contributed by atoms with van der Waals surface area (Å²) in [5, 5.41) is 14.2. The molecule has 3 N–H and O–H groups in total. The van der Waals surface area contributed by atoms with E-state index in [1.807, 2.05) is 42.7 Å². The molecule has 1 aliphatic rings. The number of amides is 3. The Morgan fingerprint density at radius 3 is 2.57 bits per heavy atom. The van der Waals surface area contributed by atoms with Gasteiger partial charge in [0.2, 0.25) is 11.9 Å². The molecule has 28 heavy (non-hydrogen) atoms. The third kappa shape index (κ3) is 3.64. The van der Waals surface area contributed by atoms with Crippen LogP contribution in [0.4, 0.5) is 10.7 Å². The van der Waals surface area contributed by atoms with Gasteiger partial charge in [0.05, 0.1) is 11.0 Å². The highest BCUT2D eigenvalue weighted by atomic mass is 16.4. The minimum absolute atomic E-state index is 0.161. The van der Waals surface area contributed by atoms with Gasteiger partial charge in [-0.25, -0.2) is 9.78 Å². The summed E-state index contributed by atoms with van der Waals surface area (Å²) in [6, 6.07) is 5.37. The summed E-state index contributed by atoms with van der Waals surface area (Å²) >= 11 is 0. The second-order valence-corrected chi connectivity index (χ2v) is 7.09. The van der Waals surface area contributed by atoms with Crippen LogP contribution in [0, 0.1) is 5.92 Å². The van der Waals surface area contributed by atoms with E-state index in [2.05, 4.69) is 15.6 Å². The summed E-state index contributed by atoms with van der Waals surface area (Å²) in [4.78, 5) is 42.6. The number of carboxylic acid groups (broad SMARTS) is 1. The van der Waals surface area contributed by atoms with Crippen molar-refractivity contribution in [1.29, 1.82) is 0 Å². The van der Waals surface area contributed by atoms with Gasteiger partial charge in [-0.2, -0.15) is 0 Å². The fourth-order valence-corrected chi connectivity index (χ4v) is 3.26. The highest BCUT2D eigenvalue weighted by molar-refractivity contribution is 5.97. The molecule has 1 aliphatic heterocycles. The maximum absolute atomic E-state index is 12.9. The van der Waals surface area contributed by atoms with Crippen molar-refractivity contribution in [2.45, 2.75) is 45.8 Å². The number of fused-ring (bicyclic) bond motifs is 3. The normalized spacial score (nSPS) is 16.3. The molecule has 0 saturated carbocycles. The molecule has 9 heteroatoms. The van der Waals surface area contributed by atoms with Gasteiger partial charge in [-0.1, -0.05) is 32.4 Å². The van der Waals surface area contributed by atoms with E-state index in [4.69, 9.17) is 5.11 Å². The van der Waals surface area contributed by atoms with Crippen molar-refractivity contribution in [1.82, 2.24) is 20.2 Å². The van der Waals surface area contributed by atoms with Gasteiger partial charge >= 0.3 is 12.0 Å². The van der Waals surface area contributed by atoms with Crippen LogP contribution in [-0.2, 0) is 16.1 Å². The Labute approximate surface area is 162 Å². The lowest BCUT2D eigenvalue weighted by Crippen LogP contribution is -2.56. The molecule has 2 heterocycles. The molecule has 9 nitrogen and oxygen atoms in total. The first-order chi connectivity index (χ1) is 13.3. The number of carbonyl (C=O) groups excluding carboxylic acids is 2. The number of aliphatic carboxylic acids is 1. The number of rotatable bonds is 6. The monoisotopic (exact) mass is 387 g/mol. The highest BCUT2D eigenvalue weighted by Gasteiger charge is 2.33. The van der Waals surface area contributed by atoms with Crippen LogP contribution in [-0.4, -0.2) is 51.2 Å². The molecule has 0 spiro atoms. The highest BCUT2D eigenvalue weighted by Crippen LogP contribution is 2.27. The van der Waals surface area contributed by atoms with Gasteiger partial charge < -0.3 is 20.3 Å². The number of benzene rings is 1. The molecule has 150 valence electrons. The Balaban J connectivity index is 1.78. The Hall–Kier alpha value is -3.10. The smallest absolute Gasteiger partial charge is 0.325 e. The fourth-order valence-electron chi connectivity index (χ4n) is 3.26. The number of nitrogens with zero attached hydrogens (tertiary/aromatic N) is 3. The average Bonchev–Trinajstić information content (AvgIpc) is 3.24. The largest absolute Gasteiger partial charge is 0.480 e. The molecule has 0 bridgehead atoms. The molecule has 0 radical (unpaired) electrons. The topological polar surface area (TPSA) is 117 Å². The maximum Gasteiger partial charge on any atom is 0.325 e. The molecule has 1 aromatic heterocycles. The number of hydrogen-bond donors (Lipinski definition) is 3. The molecule has 3 atom stereocenters. The molecular formula is C19H25N5O4. The van der Waals surface area contributed by atoms with Crippen LogP contribution in [0.3, 0.4) is 0 Å². The Morgan fingerprint density at radius 1 is 1.18 bits per heavy atom. The van der Waals surface area contributed by atoms with Crippen LogP contribution < -0.4 is 15.5 Å². The molecule has 1 unspecified atom stereocenters. The summed E-state index contributed by atoms with van der Waals surface area (Å²) in [5.41, 5.74) is 1.76. The number of imidazole rings is 1. The summed E-state index contributed by atoms with van der Waals surface area (Å²) < 4.78 is 1.97. The van der Waals surface area contributed by atoms with Gasteiger partial charge in [-0.3, -0.25) is 14.5 Å². The lowest BCUT2D eigenvalue weighted by atomic mass is 9.98. The Kier molecular flexibility index (Phi) is 5.53. The number of carbonyl (C=O) groups is 3. The van der Waals surface area contributed by atoms with E-state index in [-0.39, 0.29) is 5.92 Å². The zero-order chi connectivity index (χ0) is 20.4. The molecule has 0 aliphatic carbocycles. The van der Waals surface area contributed by atoms with Gasteiger partial charge in [-0.05, 0) is 25.0 Å². The third-order valence-electron chi connectivity index (χ3n) is 5.17. The zero-order valence-corrected chi connectivity index (χ0v) is 16.2. The van der Waals surface area contributed by atoms with E-state index in [0.717, 1.165) is 11.0 Å². The van der Waals surface area contributed by atoms with Crippen molar-refractivity contribution < 1.29 is 19.5 Å². The van der Waals surface area contributed by atoms with E-state index < -0.39 is 30.0 Å². The molecule has 2 aromatic rings. The SMILES string of the molecule is CCC(C)[C@H](NC(=O)N1CCn2c1nc1ccccc12)C(=O)N[C@@H](C)C(=O)O. The second kappa shape index (κ2) is 7.87. The lowest BCUT2D eigenvalue weighted by molar-refractivity contribution is -0.141. The molecule has 3 rings (SSSR count). The predicted molar refractivity (Wildman–Crippen MR) is 104 cm³/mol. The Bertz CT molecular complexity index is 909. The maximum atomic E-state index is 12.9. The first-order valence-electron chi connectivity index (χ1n) is 9.40. The van der Waals surface area contributed by atoms with Crippen LogP contribution in [0.25, 0.3) is 11.0 Å². The van der Waals surface area contributed by atoms with Crippen molar-refractivity contribution in [3.8, 4) is 0 Å². The number of para-hydroxylation sites is 2. The number of carboxylic acids is 1. The van der Waals surface area contributed by atoms with Gasteiger partial charge in [0.25, 0.3) is 0 Å². The lowest BCUT2D eigenvalue weighted by Gasteiger charge is -2.26. The summed E-state index contributed by atoms with van der Waals surface area (Å²) in [7, 11) is 0. The van der Waals surface area contributed by atoms with Crippen molar-refractivity contribution in [2.24, 2.45) is 5.92 Å². The molecule has 3 amide bonds. The number of nitrogens with one attached hydrogen (secondary N) is 2. The van der Waals surface area contributed by atoms with E-state index >= 15 is 0 Å². The van der Waals surface area contributed by atoms with Gasteiger partial charge in [0.1, 0.15) is 12.1 Å². The molecule has 0 fully saturated rings. The third-order valence-corrected chi connectivity index (χ3v) is 5.17. The first kappa shape index (κ1) is 19.7. The van der Waals surface area contributed by atoms with Crippen LogP contribution in [0.5, 0.6) is 0 Å². The summed E-state index contributed by atoms with van der Waals surface area (Å²) in [6.07, 6.45) is 0.651. The van der Waals surface area contributed by atoms with Gasteiger partial charge in [0.15, 0.2) is 0 Å². The van der Waals surface area contributed by atoms with E-state index in [0.29, 0.717) is 25.5 Å². The van der Waals surface area contributed by atoms with E-state index in [1.54, 1.807) is 0 Å². The van der Waals surface area contributed by atoms with Crippen molar-refractivity contribution in [3.05, 3.63) is 24.3 Å². The van der Waals surface area contributed by atoms with Crippen LogP contribution in [0.1, 0.15) is 27.2 Å². The number of hydrogen-bond acceptors (Lipinski definition) is 4. The van der Waals surface area contributed by atoms with E-state index in [9.17, 15) is 14.4 Å². The molecule has 1 aromatic carbocycles. The predicted octanol–water partition coefficient (Wildman–Crippen LogP) is 1.57. The van der Waals surface area contributed by atoms with Crippen molar-refractivity contribution in [3.63, 3.8) is 0 Å². The minimum atomic E-state index is -1.13. The van der Waals surface area contributed by atoms with Crippen molar-refractivity contribution in [2.75, 3.05) is 11.4 Å². The minimum Gasteiger partial charge on any atom is -0.480 e. The van der Waals surface area contributed by atoms with E-state index in [1.165, 1.54) is 11.8 Å². The van der Waals surface area contributed by atoms with Gasteiger partial charge in [-0.15, -0.1) is 0 Å². The Morgan fingerprint density at radius 2 is 1.89 bits per heavy atom. The average molecular weight is 387 g/mol. The van der Waals surface area contributed by atoms with Crippen LogP contribution >= 0.6 is 0 Å². The fraction of sp³-hybridized carbons (Fsp3) is 0.474. The number of anilines is 1. The van der Waals surface area contributed by atoms with Crippen LogP contribution in [0.15, 0.2) is 24.3 Å². The summed E-state index contributed by atoms with van der Waals surface area (Å²) in [5.74, 6) is -1.26. The summed E-state index contributed by atoms with van der Waals surface area (Å²) in [6.45, 7) is 6.22. The standard InChI is InChI=1S/C19H25N5O4/c1-4-11(2)15(16(25)20-12(3)17(26)27)22-19(28)24-10-9-23-14-8-6-5-7-13(14)21-18(23)24/h5-8,11-12,15H,4,9-10H2,1-3H3,(H,20,25)(H,22,28)(H,26,27)/t11?,12-,15-/m0/s1. The number of urea groups is 1. The molecule has 0 saturated heterocycles. The zero-order valence-electron chi connectivity index (χ0n) is 16.2. The molecular weight excluding hydrogens is 362 g/mol. The van der Waals surface area contributed by atoms with Crippen molar-refractivity contribution >= 4 is 34.9 Å². The number of aromatic nitrogens is 2. The quantitative estimate of drug-likeness (QED) is 0.696.